The second-order valence-corrected chi connectivity index (χ2v) is 6.19. The van der Waals surface area contributed by atoms with Crippen molar-refractivity contribution >= 4 is 17.3 Å². The molecule has 2 aromatic heterocycles. The molecule has 0 radical (unpaired) electrons. The summed E-state index contributed by atoms with van der Waals surface area (Å²) in [6, 6.07) is 5.22. The molecular weight excluding hydrogens is 347 g/mol. The molecule has 1 aliphatic carbocycles. The molecule has 0 bridgehead atoms. The normalized spacial score (nSPS) is 15.0. The quantitative estimate of drug-likeness (QED) is 0.599. The summed E-state index contributed by atoms with van der Waals surface area (Å²) in [5.74, 6) is -0.281. The van der Waals surface area contributed by atoms with Crippen molar-refractivity contribution in [1.29, 1.82) is 0 Å². The van der Waals surface area contributed by atoms with E-state index in [9.17, 15) is 9.18 Å². The number of amides is 1. The van der Waals surface area contributed by atoms with Gasteiger partial charge in [0.2, 0.25) is 5.91 Å². The van der Waals surface area contributed by atoms with Gasteiger partial charge in [0, 0.05) is 24.0 Å². The number of allylic oxidation sites excluding steroid dienone is 3. The molecule has 1 saturated carbocycles. The van der Waals surface area contributed by atoms with E-state index in [2.05, 4.69) is 33.4 Å². The van der Waals surface area contributed by atoms with Crippen LogP contribution in [-0.4, -0.2) is 28.0 Å². The molecule has 0 atom stereocenters. The van der Waals surface area contributed by atoms with Crippen LogP contribution < -0.4 is 5.32 Å². The van der Waals surface area contributed by atoms with Crippen LogP contribution in [0, 0.1) is 0 Å². The third-order valence-electron chi connectivity index (χ3n) is 4.45. The van der Waals surface area contributed by atoms with Crippen LogP contribution in [0.1, 0.15) is 24.1 Å². The van der Waals surface area contributed by atoms with Gasteiger partial charge in [0.1, 0.15) is 23.7 Å². The molecule has 2 aromatic rings. The smallest absolute Gasteiger partial charge is 0.236 e. The molecule has 1 aliphatic rings. The van der Waals surface area contributed by atoms with Crippen LogP contribution in [0.4, 0.5) is 10.2 Å². The van der Waals surface area contributed by atoms with Gasteiger partial charge in [0.25, 0.3) is 0 Å². The van der Waals surface area contributed by atoms with E-state index < -0.39 is 11.2 Å². The van der Waals surface area contributed by atoms with E-state index in [1.54, 1.807) is 18.5 Å². The SMILES string of the molecule is C=C(F)/C=C(\C(=C)OC)c1cc(NC(=O)C2(c3ccncc3)CC2)ncn1. The summed E-state index contributed by atoms with van der Waals surface area (Å²) < 4.78 is 18.4. The Hall–Kier alpha value is -3.35. The Kier molecular flexibility index (Phi) is 5.12. The van der Waals surface area contributed by atoms with Crippen LogP contribution >= 0.6 is 0 Å². The minimum atomic E-state index is -0.665. The number of nitrogens with one attached hydrogen (secondary N) is 1. The van der Waals surface area contributed by atoms with Crippen molar-refractivity contribution in [2.45, 2.75) is 18.3 Å². The summed E-state index contributed by atoms with van der Waals surface area (Å²) in [5, 5.41) is 2.82. The molecule has 0 spiro atoms. The second-order valence-electron chi connectivity index (χ2n) is 6.19. The highest BCUT2D eigenvalue weighted by atomic mass is 19.1. The lowest BCUT2D eigenvalue weighted by molar-refractivity contribution is -0.118. The molecular formula is C20H19FN4O2. The number of anilines is 1. The first-order valence-corrected chi connectivity index (χ1v) is 8.30. The minimum Gasteiger partial charge on any atom is -0.497 e. The fraction of sp³-hybridized carbons (Fsp3) is 0.200. The maximum absolute atomic E-state index is 13.3. The van der Waals surface area contributed by atoms with Gasteiger partial charge in [0.05, 0.1) is 18.2 Å². The number of hydrogen-bond donors (Lipinski definition) is 1. The van der Waals surface area contributed by atoms with Crippen LogP contribution in [0.5, 0.6) is 0 Å². The fourth-order valence-corrected chi connectivity index (χ4v) is 2.82. The Bertz CT molecular complexity index is 921. The number of rotatable bonds is 7. The lowest BCUT2D eigenvalue weighted by Crippen LogP contribution is -2.28. The summed E-state index contributed by atoms with van der Waals surface area (Å²) in [5.41, 5.74) is 1.04. The Morgan fingerprint density at radius 2 is 2.00 bits per heavy atom. The Labute approximate surface area is 156 Å². The topological polar surface area (TPSA) is 77.0 Å². The first-order chi connectivity index (χ1) is 13.0. The van der Waals surface area contributed by atoms with Crippen LogP contribution in [0.2, 0.25) is 0 Å². The molecule has 0 aliphatic heterocycles. The Morgan fingerprint density at radius 1 is 1.30 bits per heavy atom. The number of nitrogens with zero attached hydrogens (tertiary/aromatic N) is 3. The van der Waals surface area contributed by atoms with E-state index in [0.717, 1.165) is 18.4 Å². The maximum atomic E-state index is 13.3. The number of aromatic nitrogens is 3. The summed E-state index contributed by atoms with van der Waals surface area (Å²) in [6.07, 6.45) is 7.31. The van der Waals surface area contributed by atoms with Gasteiger partial charge in [-0.1, -0.05) is 13.2 Å². The molecule has 7 heteroatoms. The van der Waals surface area contributed by atoms with Crippen LogP contribution in [0.3, 0.4) is 0 Å². The number of carbonyl (C=O) groups is 1. The minimum absolute atomic E-state index is 0.149. The monoisotopic (exact) mass is 366 g/mol. The zero-order chi connectivity index (χ0) is 19.4. The van der Waals surface area contributed by atoms with Crippen molar-refractivity contribution in [3.63, 3.8) is 0 Å². The molecule has 2 heterocycles. The van der Waals surface area contributed by atoms with E-state index >= 15 is 0 Å². The first kappa shape index (κ1) is 18.4. The summed E-state index contributed by atoms with van der Waals surface area (Å²) in [7, 11) is 1.42. The average Bonchev–Trinajstić information content (AvgIpc) is 3.48. The Balaban J connectivity index is 1.85. The van der Waals surface area contributed by atoms with Crippen LogP contribution in [0.25, 0.3) is 5.57 Å². The zero-order valence-corrected chi connectivity index (χ0v) is 14.9. The van der Waals surface area contributed by atoms with E-state index in [0.29, 0.717) is 17.1 Å². The number of methoxy groups -OCH3 is 1. The van der Waals surface area contributed by atoms with Gasteiger partial charge >= 0.3 is 0 Å². The largest absolute Gasteiger partial charge is 0.497 e. The lowest BCUT2D eigenvalue weighted by Gasteiger charge is -2.15. The molecule has 0 aromatic carbocycles. The number of carbonyl (C=O) groups excluding carboxylic acids is 1. The Morgan fingerprint density at radius 3 is 2.59 bits per heavy atom. The van der Waals surface area contributed by atoms with Crippen molar-refractivity contribution in [2.24, 2.45) is 0 Å². The van der Waals surface area contributed by atoms with E-state index in [1.165, 1.54) is 19.5 Å². The van der Waals surface area contributed by atoms with E-state index in [1.807, 2.05) is 12.1 Å². The number of pyridine rings is 1. The van der Waals surface area contributed by atoms with E-state index in [4.69, 9.17) is 4.74 Å². The number of halogens is 1. The van der Waals surface area contributed by atoms with Gasteiger partial charge in [0.15, 0.2) is 0 Å². The third-order valence-corrected chi connectivity index (χ3v) is 4.45. The predicted octanol–water partition coefficient (Wildman–Crippen LogP) is 3.57. The summed E-state index contributed by atoms with van der Waals surface area (Å²) >= 11 is 0. The lowest BCUT2D eigenvalue weighted by atomic mass is 9.96. The standard InChI is InChI=1S/C20H19FN4O2/c1-13(21)10-16(14(2)27-3)17-11-18(24-12-23-17)25-19(26)20(6-7-20)15-4-8-22-9-5-15/h4-5,8-12H,1-2,6-7H2,3H3,(H,23,24,25,26)/b16-10+. The van der Waals surface area contributed by atoms with E-state index in [-0.39, 0.29) is 11.7 Å². The van der Waals surface area contributed by atoms with Gasteiger partial charge < -0.3 is 10.1 Å². The van der Waals surface area contributed by atoms with Crippen molar-refractivity contribution in [2.75, 3.05) is 12.4 Å². The number of ether oxygens (including phenoxy) is 1. The molecule has 1 N–H and O–H groups in total. The highest BCUT2D eigenvalue weighted by Crippen LogP contribution is 2.48. The molecule has 1 fully saturated rings. The van der Waals surface area contributed by atoms with Crippen LogP contribution in [-0.2, 0) is 14.9 Å². The van der Waals surface area contributed by atoms with Crippen molar-refractivity contribution in [3.05, 3.63) is 79.0 Å². The zero-order valence-electron chi connectivity index (χ0n) is 14.9. The highest BCUT2D eigenvalue weighted by molar-refractivity contribution is 6.01. The second kappa shape index (κ2) is 7.49. The molecule has 27 heavy (non-hydrogen) atoms. The van der Waals surface area contributed by atoms with Gasteiger partial charge in [-0.3, -0.25) is 9.78 Å². The number of hydrogen-bond acceptors (Lipinski definition) is 5. The highest BCUT2D eigenvalue weighted by Gasteiger charge is 2.51. The third kappa shape index (κ3) is 3.92. The van der Waals surface area contributed by atoms with Gasteiger partial charge in [-0.05, 0) is 36.6 Å². The molecule has 138 valence electrons. The molecule has 3 rings (SSSR count). The van der Waals surface area contributed by atoms with Crippen LogP contribution in [0.15, 0.2) is 67.7 Å². The van der Waals surface area contributed by atoms with Crippen molar-refractivity contribution in [3.8, 4) is 0 Å². The molecule has 0 unspecified atom stereocenters. The maximum Gasteiger partial charge on any atom is 0.236 e. The summed E-state index contributed by atoms with van der Waals surface area (Å²) in [6.45, 7) is 6.95. The fourth-order valence-electron chi connectivity index (χ4n) is 2.82. The van der Waals surface area contributed by atoms with Gasteiger partial charge in [-0.15, -0.1) is 0 Å². The van der Waals surface area contributed by atoms with Gasteiger partial charge in [-0.2, -0.15) is 0 Å². The molecule has 1 amide bonds. The van der Waals surface area contributed by atoms with Gasteiger partial charge in [-0.25, -0.2) is 14.4 Å². The molecule has 0 saturated heterocycles. The first-order valence-electron chi connectivity index (χ1n) is 8.30. The van der Waals surface area contributed by atoms with Crippen molar-refractivity contribution in [1.82, 2.24) is 15.0 Å². The summed E-state index contributed by atoms with van der Waals surface area (Å²) in [4.78, 5) is 25.0. The predicted molar refractivity (Wildman–Crippen MR) is 100 cm³/mol. The average molecular weight is 366 g/mol. The van der Waals surface area contributed by atoms with Crippen molar-refractivity contribution < 1.29 is 13.9 Å². The molecule has 6 nitrogen and oxygen atoms in total.